The summed E-state index contributed by atoms with van der Waals surface area (Å²) in [5.74, 6) is 0.593. The van der Waals surface area contributed by atoms with Gasteiger partial charge in [0, 0.05) is 0 Å². The van der Waals surface area contributed by atoms with Gasteiger partial charge in [-0.1, -0.05) is 6.07 Å². The zero-order valence-electron chi connectivity index (χ0n) is 11.5. The van der Waals surface area contributed by atoms with E-state index >= 15 is 0 Å². The molecule has 0 bridgehead atoms. The van der Waals surface area contributed by atoms with Crippen LogP contribution in [-0.2, 0) is 4.74 Å². The molecule has 2 aromatic rings. The number of nitrogens with one attached hydrogen (secondary N) is 1. The number of methoxy groups -OCH3 is 2. The first-order valence-corrected chi connectivity index (χ1v) is 5.96. The fourth-order valence-corrected chi connectivity index (χ4v) is 1.69. The molecule has 104 valence electrons. The molecule has 0 unspecified atom stereocenters. The van der Waals surface area contributed by atoms with Crippen molar-refractivity contribution in [2.75, 3.05) is 19.5 Å². The molecule has 0 radical (unpaired) electrons. The number of rotatable bonds is 4. The first kappa shape index (κ1) is 13.8. The molecule has 0 fully saturated rings. The number of aromatic nitrogens is 2. The number of benzene rings is 1. The van der Waals surface area contributed by atoms with E-state index in [-0.39, 0.29) is 5.69 Å². The first-order valence-electron chi connectivity index (χ1n) is 5.96. The third kappa shape index (κ3) is 3.03. The van der Waals surface area contributed by atoms with Crippen LogP contribution in [0.5, 0.6) is 5.75 Å². The second-order valence-corrected chi connectivity index (χ2v) is 4.11. The predicted octanol–water partition coefficient (Wildman–Crippen LogP) is 2.32. The molecule has 0 aliphatic heterocycles. The monoisotopic (exact) mass is 273 g/mol. The van der Waals surface area contributed by atoms with Gasteiger partial charge in [0.05, 0.1) is 32.3 Å². The largest absolute Gasteiger partial charge is 0.495 e. The van der Waals surface area contributed by atoms with Crippen LogP contribution in [0.2, 0.25) is 0 Å². The maximum Gasteiger partial charge on any atom is 0.358 e. The molecule has 0 spiro atoms. The van der Waals surface area contributed by atoms with Crippen LogP contribution in [0, 0.1) is 6.92 Å². The minimum atomic E-state index is -0.530. The van der Waals surface area contributed by atoms with E-state index in [1.54, 1.807) is 7.11 Å². The van der Waals surface area contributed by atoms with Gasteiger partial charge in [-0.2, -0.15) is 0 Å². The highest BCUT2D eigenvalue weighted by atomic mass is 16.5. The molecular weight excluding hydrogens is 258 g/mol. The van der Waals surface area contributed by atoms with Crippen LogP contribution in [0.1, 0.15) is 16.1 Å². The van der Waals surface area contributed by atoms with E-state index < -0.39 is 5.97 Å². The van der Waals surface area contributed by atoms with Crippen molar-refractivity contribution in [3.05, 3.63) is 41.9 Å². The SMILES string of the molecule is COC(=O)c1cncc(Nc2cc(C)ccc2OC)n1. The molecule has 6 heteroatoms. The molecule has 0 amide bonds. The Bertz CT molecular complexity index is 629. The van der Waals surface area contributed by atoms with Gasteiger partial charge in [0.25, 0.3) is 0 Å². The van der Waals surface area contributed by atoms with Crippen LogP contribution >= 0.6 is 0 Å². The summed E-state index contributed by atoms with van der Waals surface area (Å²) in [4.78, 5) is 19.5. The standard InChI is InChI=1S/C14H15N3O3/c1-9-4-5-12(19-2)10(6-9)16-13-8-15-7-11(17-13)14(18)20-3/h4-8H,1-3H3,(H,16,17). The van der Waals surface area contributed by atoms with E-state index in [4.69, 9.17) is 4.74 Å². The van der Waals surface area contributed by atoms with Crippen LogP contribution in [0.15, 0.2) is 30.6 Å². The van der Waals surface area contributed by atoms with Crippen molar-refractivity contribution in [3.63, 3.8) is 0 Å². The highest BCUT2D eigenvalue weighted by molar-refractivity contribution is 5.87. The molecule has 1 aromatic carbocycles. The quantitative estimate of drug-likeness (QED) is 0.862. The van der Waals surface area contributed by atoms with E-state index in [0.29, 0.717) is 11.6 Å². The van der Waals surface area contributed by atoms with Gasteiger partial charge in [-0.05, 0) is 24.6 Å². The second kappa shape index (κ2) is 6.01. The lowest BCUT2D eigenvalue weighted by atomic mass is 10.2. The van der Waals surface area contributed by atoms with Crippen molar-refractivity contribution in [3.8, 4) is 5.75 Å². The molecule has 20 heavy (non-hydrogen) atoms. The number of carbonyl (C=O) groups excluding carboxylic acids is 1. The zero-order valence-corrected chi connectivity index (χ0v) is 11.5. The fourth-order valence-electron chi connectivity index (χ4n) is 1.69. The van der Waals surface area contributed by atoms with Crippen LogP contribution in [-0.4, -0.2) is 30.2 Å². The Morgan fingerprint density at radius 2 is 2.05 bits per heavy atom. The molecule has 0 saturated carbocycles. The molecule has 0 atom stereocenters. The minimum absolute atomic E-state index is 0.143. The Morgan fingerprint density at radius 1 is 1.25 bits per heavy atom. The molecule has 0 aliphatic carbocycles. The van der Waals surface area contributed by atoms with Crippen molar-refractivity contribution >= 4 is 17.5 Å². The number of anilines is 2. The molecule has 2 rings (SSSR count). The molecule has 0 aliphatic rings. The summed E-state index contributed by atoms with van der Waals surface area (Å²) < 4.78 is 9.88. The van der Waals surface area contributed by atoms with Crippen LogP contribution in [0.4, 0.5) is 11.5 Å². The van der Waals surface area contributed by atoms with Crippen LogP contribution < -0.4 is 10.1 Å². The van der Waals surface area contributed by atoms with Gasteiger partial charge < -0.3 is 14.8 Å². The molecule has 6 nitrogen and oxygen atoms in total. The van der Waals surface area contributed by atoms with Crippen molar-refractivity contribution in [1.82, 2.24) is 9.97 Å². The highest BCUT2D eigenvalue weighted by Crippen LogP contribution is 2.27. The Labute approximate surface area is 116 Å². The first-order chi connectivity index (χ1) is 9.63. The number of hydrogen-bond acceptors (Lipinski definition) is 6. The van der Waals surface area contributed by atoms with Crippen molar-refractivity contribution in [2.45, 2.75) is 6.92 Å². The molecular formula is C14H15N3O3. The van der Waals surface area contributed by atoms with Crippen molar-refractivity contribution < 1.29 is 14.3 Å². The summed E-state index contributed by atoms with van der Waals surface area (Å²) in [6.07, 6.45) is 2.87. The fraction of sp³-hybridized carbons (Fsp3) is 0.214. The molecule has 0 saturated heterocycles. The average Bonchev–Trinajstić information content (AvgIpc) is 2.47. The molecule has 1 heterocycles. The average molecular weight is 273 g/mol. The Hall–Kier alpha value is -2.63. The van der Waals surface area contributed by atoms with Gasteiger partial charge in [0.15, 0.2) is 5.69 Å². The maximum absolute atomic E-state index is 11.4. The Morgan fingerprint density at radius 3 is 2.75 bits per heavy atom. The number of carbonyl (C=O) groups is 1. The van der Waals surface area contributed by atoms with Crippen molar-refractivity contribution in [1.29, 1.82) is 0 Å². The van der Waals surface area contributed by atoms with E-state index in [1.165, 1.54) is 19.5 Å². The second-order valence-electron chi connectivity index (χ2n) is 4.11. The van der Waals surface area contributed by atoms with Gasteiger partial charge in [0.2, 0.25) is 0 Å². The van der Waals surface area contributed by atoms with Crippen LogP contribution in [0.3, 0.4) is 0 Å². The topological polar surface area (TPSA) is 73.3 Å². The summed E-state index contributed by atoms with van der Waals surface area (Å²) in [5.41, 5.74) is 1.97. The number of nitrogens with zero attached hydrogens (tertiary/aromatic N) is 2. The van der Waals surface area contributed by atoms with Gasteiger partial charge in [-0.15, -0.1) is 0 Å². The summed E-state index contributed by atoms with van der Waals surface area (Å²) in [7, 11) is 2.89. The smallest absolute Gasteiger partial charge is 0.358 e. The lowest BCUT2D eigenvalue weighted by Crippen LogP contribution is -2.07. The summed E-state index contributed by atoms with van der Waals surface area (Å²) >= 11 is 0. The van der Waals surface area contributed by atoms with Gasteiger partial charge in [-0.25, -0.2) is 9.78 Å². The third-order valence-corrected chi connectivity index (χ3v) is 2.65. The summed E-state index contributed by atoms with van der Waals surface area (Å²) in [6, 6.07) is 5.72. The number of aryl methyl sites for hydroxylation is 1. The van der Waals surface area contributed by atoms with Gasteiger partial charge in [-0.3, -0.25) is 4.98 Å². The highest BCUT2D eigenvalue weighted by Gasteiger charge is 2.10. The maximum atomic E-state index is 11.4. The zero-order chi connectivity index (χ0) is 14.5. The van der Waals surface area contributed by atoms with E-state index in [0.717, 1.165) is 11.3 Å². The lowest BCUT2D eigenvalue weighted by molar-refractivity contribution is 0.0593. The van der Waals surface area contributed by atoms with Gasteiger partial charge >= 0.3 is 5.97 Å². The minimum Gasteiger partial charge on any atom is -0.495 e. The summed E-state index contributed by atoms with van der Waals surface area (Å²) in [6.45, 7) is 1.97. The number of ether oxygens (including phenoxy) is 2. The summed E-state index contributed by atoms with van der Waals surface area (Å²) in [5, 5.41) is 3.08. The normalized spacial score (nSPS) is 9.95. The van der Waals surface area contributed by atoms with Gasteiger partial charge in [0.1, 0.15) is 11.6 Å². The number of hydrogen-bond donors (Lipinski definition) is 1. The molecule has 1 N–H and O–H groups in total. The van der Waals surface area contributed by atoms with E-state index in [9.17, 15) is 4.79 Å². The predicted molar refractivity (Wildman–Crippen MR) is 74.4 cm³/mol. The number of esters is 1. The Balaban J connectivity index is 2.30. The van der Waals surface area contributed by atoms with E-state index in [1.807, 2.05) is 25.1 Å². The van der Waals surface area contributed by atoms with Crippen LogP contribution in [0.25, 0.3) is 0 Å². The third-order valence-electron chi connectivity index (χ3n) is 2.65. The lowest BCUT2D eigenvalue weighted by Gasteiger charge is -2.11. The van der Waals surface area contributed by atoms with Crippen molar-refractivity contribution in [2.24, 2.45) is 0 Å². The molecule has 1 aromatic heterocycles. The Kier molecular flexibility index (Phi) is 4.14. The van der Waals surface area contributed by atoms with E-state index in [2.05, 4.69) is 20.0 Å².